The minimum atomic E-state index is -0.233. The van der Waals surface area contributed by atoms with E-state index in [4.69, 9.17) is 10.7 Å². The van der Waals surface area contributed by atoms with Crippen LogP contribution in [-0.2, 0) is 6.42 Å². The highest BCUT2D eigenvalue weighted by atomic mass is 32.1. The summed E-state index contributed by atoms with van der Waals surface area (Å²) in [6.07, 6.45) is 0.754. The van der Waals surface area contributed by atoms with Gasteiger partial charge in [-0.2, -0.15) is 0 Å². The molecule has 0 amide bonds. The quantitative estimate of drug-likeness (QED) is 0.796. The number of fused-ring (bicyclic) bond motifs is 1. The lowest BCUT2D eigenvalue weighted by Gasteiger charge is -2.08. The first-order valence-corrected chi connectivity index (χ1v) is 7.94. The molecule has 3 nitrogen and oxygen atoms in total. The molecule has 0 unspecified atom stereocenters. The minimum Gasteiger partial charge on any atom is -0.330 e. The van der Waals surface area contributed by atoms with Crippen molar-refractivity contribution in [1.29, 1.82) is 0 Å². The monoisotopic (exact) mass is 303 g/mol. The van der Waals surface area contributed by atoms with Crippen LogP contribution in [0.4, 0.5) is 4.39 Å². The highest BCUT2D eigenvalue weighted by Crippen LogP contribution is 2.31. The van der Waals surface area contributed by atoms with Crippen molar-refractivity contribution in [3.8, 4) is 11.3 Å². The van der Waals surface area contributed by atoms with E-state index in [1.165, 1.54) is 17.8 Å². The van der Waals surface area contributed by atoms with Crippen LogP contribution in [0.2, 0.25) is 0 Å². The maximum Gasteiger partial charge on any atom is 0.194 e. The van der Waals surface area contributed by atoms with Crippen molar-refractivity contribution in [3.63, 3.8) is 0 Å². The molecule has 21 heavy (non-hydrogen) atoms. The molecular weight excluding hydrogens is 285 g/mol. The zero-order valence-electron chi connectivity index (χ0n) is 12.1. The number of thiazole rings is 1. The SMILES string of the molecule is CC(C)c1csc2nc(-c3ccc(F)cc3)c(CCN)n12. The highest BCUT2D eigenvalue weighted by Gasteiger charge is 2.18. The van der Waals surface area contributed by atoms with Crippen LogP contribution in [0.1, 0.15) is 31.2 Å². The van der Waals surface area contributed by atoms with Gasteiger partial charge in [-0.25, -0.2) is 9.37 Å². The Morgan fingerprint density at radius 2 is 2.00 bits per heavy atom. The lowest BCUT2D eigenvalue weighted by Crippen LogP contribution is -2.08. The molecule has 0 bridgehead atoms. The van der Waals surface area contributed by atoms with Crippen LogP contribution in [-0.4, -0.2) is 15.9 Å². The van der Waals surface area contributed by atoms with Gasteiger partial charge in [0.1, 0.15) is 5.82 Å². The Balaban J connectivity index is 2.22. The zero-order chi connectivity index (χ0) is 15.0. The second-order valence-corrected chi connectivity index (χ2v) is 6.22. The molecule has 3 aromatic rings. The molecule has 0 atom stereocenters. The average Bonchev–Trinajstić information content (AvgIpc) is 3.00. The normalized spacial score (nSPS) is 11.7. The van der Waals surface area contributed by atoms with E-state index in [2.05, 4.69) is 23.6 Å². The van der Waals surface area contributed by atoms with Crippen molar-refractivity contribution < 1.29 is 4.39 Å². The molecule has 0 aliphatic rings. The number of nitrogens with two attached hydrogens (primary N) is 1. The molecule has 110 valence electrons. The van der Waals surface area contributed by atoms with Gasteiger partial charge < -0.3 is 5.73 Å². The Kier molecular flexibility index (Phi) is 3.78. The lowest BCUT2D eigenvalue weighted by molar-refractivity contribution is 0.628. The molecule has 0 saturated carbocycles. The number of rotatable bonds is 4. The molecule has 2 heterocycles. The van der Waals surface area contributed by atoms with Gasteiger partial charge in [0.05, 0.1) is 11.4 Å². The molecular formula is C16H18FN3S. The second-order valence-electron chi connectivity index (χ2n) is 5.39. The van der Waals surface area contributed by atoms with Gasteiger partial charge in [-0.1, -0.05) is 13.8 Å². The molecule has 0 aliphatic carbocycles. The van der Waals surface area contributed by atoms with E-state index in [1.54, 1.807) is 23.5 Å². The first-order chi connectivity index (χ1) is 10.1. The summed E-state index contributed by atoms with van der Waals surface area (Å²) in [5.74, 6) is 0.188. The van der Waals surface area contributed by atoms with Crippen molar-refractivity contribution in [2.45, 2.75) is 26.2 Å². The summed E-state index contributed by atoms with van der Waals surface area (Å²) in [5.41, 5.74) is 9.99. The molecule has 0 fully saturated rings. The summed E-state index contributed by atoms with van der Waals surface area (Å²) in [5, 5.41) is 2.15. The summed E-state index contributed by atoms with van der Waals surface area (Å²) < 4.78 is 15.3. The third-order valence-electron chi connectivity index (χ3n) is 3.58. The van der Waals surface area contributed by atoms with Gasteiger partial charge in [0.15, 0.2) is 4.96 Å². The van der Waals surface area contributed by atoms with Crippen LogP contribution >= 0.6 is 11.3 Å². The molecule has 0 saturated heterocycles. The topological polar surface area (TPSA) is 43.3 Å². The number of hydrogen-bond acceptors (Lipinski definition) is 3. The van der Waals surface area contributed by atoms with Gasteiger partial charge >= 0.3 is 0 Å². The van der Waals surface area contributed by atoms with Gasteiger partial charge in [-0.3, -0.25) is 4.40 Å². The second kappa shape index (κ2) is 5.58. The summed E-state index contributed by atoms with van der Waals surface area (Å²) in [6, 6.07) is 6.49. The van der Waals surface area contributed by atoms with Crippen LogP contribution in [0.3, 0.4) is 0 Å². The number of imidazole rings is 1. The Morgan fingerprint density at radius 1 is 1.29 bits per heavy atom. The largest absolute Gasteiger partial charge is 0.330 e. The summed E-state index contributed by atoms with van der Waals surface area (Å²) in [7, 11) is 0. The zero-order valence-corrected chi connectivity index (χ0v) is 13.0. The molecule has 0 aliphatic heterocycles. The van der Waals surface area contributed by atoms with E-state index in [1.807, 2.05) is 0 Å². The van der Waals surface area contributed by atoms with Gasteiger partial charge in [-0.15, -0.1) is 11.3 Å². The molecule has 2 aromatic heterocycles. The Morgan fingerprint density at radius 3 is 2.62 bits per heavy atom. The predicted molar refractivity (Wildman–Crippen MR) is 85.3 cm³/mol. The molecule has 3 rings (SSSR count). The van der Waals surface area contributed by atoms with Crippen LogP contribution in [0, 0.1) is 5.82 Å². The van der Waals surface area contributed by atoms with Crippen molar-refractivity contribution in [2.24, 2.45) is 5.73 Å². The van der Waals surface area contributed by atoms with Crippen LogP contribution in [0.5, 0.6) is 0 Å². The summed E-state index contributed by atoms with van der Waals surface area (Å²) in [4.78, 5) is 5.71. The van der Waals surface area contributed by atoms with Crippen LogP contribution in [0.25, 0.3) is 16.2 Å². The summed E-state index contributed by atoms with van der Waals surface area (Å²) in [6.45, 7) is 4.91. The number of hydrogen-bond donors (Lipinski definition) is 1. The molecule has 0 spiro atoms. The van der Waals surface area contributed by atoms with Crippen molar-refractivity contribution in [1.82, 2.24) is 9.38 Å². The standard InChI is InChI=1S/C16H18FN3S/c1-10(2)14-9-21-16-19-15(13(7-8-18)20(14)16)11-3-5-12(17)6-4-11/h3-6,9-10H,7-8,18H2,1-2H3. The fourth-order valence-electron chi connectivity index (χ4n) is 2.54. The number of nitrogens with zero attached hydrogens (tertiary/aromatic N) is 2. The number of benzene rings is 1. The van der Waals surface area contributed by atoms with Crippen LogP contribution in [0.15, 0.2) is 29.6 Å². The average molecular weight is 303 g/mol. The Hall–Kier alpha value is -1.72. The fraction of sp³-hybridized carbons (Fsp3) is 0.312. The minimum absolute atomic E-state index is 0.233. The maximum absolute atomic E-state index is 13.1. The predicted octanol–water partition coefficient (Wildman–Crippen LogP) is 3.83. The van der Waals surface area contributed by atoms with Gasteiger partial charge in [-0.05, 0) is 36.7 Å². The number of halogens is 1. The van der Waals surface area contributed by atoms with Gasteiger partial charge in [0, 0.05) is 23.1 Å². The molecule has 1 aromatic carbocycles. The van der Waals surface area contributed by atoms with E-state index < -0.39 is 0 Å². The lowest BCUT2D eigenvalue weighted by atomic mass is 10.1. The van der Waals surface area contributed by atoms with E-state index in [0.29, 0.717) is 12.5 Å². The third kappa shape index (κ3) is 2.47. The molecule has 0 radical (unpaired) electrons. The van der Waals surface area contributed by atoms with E-state index in [-0.39, 0.29) is 5.82 Å². The van der Waals surface area contributed by atoms with Gasteiger partial charge in [0.2, 0.25) is 0 Å². The van der Waals surface area contributed by atoms with Crippen LogP contribution < -0.4 is 5.73 Å². The van der Waals surface area contributed by atoms with Crippen molar-refractivity contribution in [2.75, 3.05) is 6.54 Å². The summed E-state index contributed by atoms with van der Waals surface area (Å²) >= 11 is 1.64. The highest BCUT2D eigenvalue weighted by molar-refractivity contribution is 7.15. The number of aromatic nitrogens is 2. The van der Waals surface area contributed by atoms with Gasteiger partial charge in [0.25, 0.3) is 0 Å². The molecule has 5 heteroatoms. The van der Waals surface area contributed by atoms with E-state index in [9.17, 15) is 4.39 Å². The van der Waals surface area contributed by atoms with Crippen molar-refractivity contribution >= 4 is 16.3 Å². The van der Waals surface area contributed by atoms with Crippen molar-refractivity contribution in [3.05, 3.63) is 46.9 Å². The first-order valence-electron chi connectivity index (χ1n) is 7.06. The Labute approximate surface area is 127 Å². The smallest absolute Gasteiger partial charge is 0.194 e. The third-order valence-corrected chi connectivity index (χ3v) is 4.42. The van der Waals surface area contributed by atoms with E-state index in [0.717, 1.165) is 28.3 Å². The Bertz CT molecular complexity index is 756. The molecule has 2 N–H and O–H groups in total. The maximum atomic E-state index is 13.1. The first kappa shape index (κ1) is 14.2. The van der Waals surface area contributed by atoms with E-state index >= 15 is 0 Å². The fourth-order valence-corrected chi connectivity index (χ4v) is 3.61.